The number of benzene rings is 16. The van der Waals surface area contributed by atoms with Crippen molar-refractivity contribution < 1.29 is 58.4 Å². The van der Waals surface area contributed by atoms with Gasteiger partial charge in [-0.15, -0.1) is 48.5 Å². The molecular weight excluding hydrogens is 2160 g/mol. The van der Waals surface area contributed by atoms with Crippen molar-refractivity contribution in [3.8, 4) is 90.3 Å². The van der Waals surface area contributed by atoms with E-state index in [1.165, 1.54) is 121 Å². The quantitative estimate of drug-likeness (QED) is 0.0723. The molecule has 16 aromatic carbocycles. The van der Waals surface area contributed by atoms with Gasteiger partial charge in [0.15, 0.2) is 0 Å². The Bertz CT molecular complexity index is 7850. The predicted octanol–water partition coefficient (Wildman–Crippen LogP) is 36.8. The van der Waals surface area contributed by atoms with Crippen LogP contribution in [-0.2, 0) is 38.0 Å². The van der Waals surface area contributed by atoms with Crippen molar-refractivity contribution in [2.24, 2.45) is 0 Å². The third kappa shape index (κ3) is 19.9. The van der Waals surface area contributed by atoms with E-state index in [-0.39, 0.29) is 28.6 Å². The minimum Gasteiger partial charge on any atom is -0.199 e. The van der Waals surface area contributed by atoms with E-state index in [1.54, 1.807) is 45.3 Å². The molecule has 24 aromatic rings. The van der Waals surface area contributed by atoms with Crippen LogP contribution >= 0.6 is 74.0 Å². The summed E-state index contributed by atoms with van der Waals surface area (Å²) in [6.45, 7) is 23.5. The van der Waals surface area contributed by atoms with E-state index in [0.29, 0.717) is 23.0 Å². The molecule has 0 fully saturated rings. The van der Waals surface area contributed by atoms with Crippen LogP contribution in [0.25, 0.3) is 154 Å². The fourth-order valence-corrected chi connectivity index (χ4v) is 81.2. The Morgan fingerprint density at radius 3 is 0.646 bits per heavy atom. The molecule has 0 saturated heterocycles. The molecule has 2 aliphatic heterocycles. The molecule has 2 aliphatic rings. The maximum atomic E-state index is 12.3. The molecule has 0 radical (unpaired) electrons. The van der Waals surface area contributed by atoms with Crippen LogP contribution in [0.15, 0.2) is 427 Å². The number of para-hydroxylation sites is 8. The van der Waals surface area contributed by atoms with Crippen molar-refractivity contribution in [3.63, 3.8) is 0 Å². The van der Waals surface area contributed by atoms with Crippen molar-refractivity contribution in [2.45, 2.75) is 60.1 Å². The van der Waals surface area contributed by atoms with Crippen LogP contribution in [0.5, 0.6) is 23.0 Å². The van der Waals surface area contributed by atoms with E-state index in [4.69, 9.17) is 0 Å². The van der Waals surface area contributed by atoms with Gasteiger partial charge in [0.2, 0.25) is 0 Å². The van der Waals surface area contributed by atoms with Crippen LogP contribution in [0.1, 0.15) is 57.3 Å². The summed E-state index contributed by atoms with van der Waals surface area (Å²) in [6, 6.07) is 125. The molecule has 18 heteroatoms. The second kappa shape index (κ2) is 43.7. The van der Waals surface area contributed by atoms with Gasteiger partial charge in [0.05, 0.1) is 0 Å². The number of phenols is 4. The third-order valence-electron chi connectivity index (χ3n) is 26.1. The monoisotopic (exact) mass is 2260 g/mol. The summed E-state index contributed by atoms with van der Waals surface area (Å²) >= 11 is 4.79. The fraction of sp³-hybridized carbons (Fsp3) is 0.0794. The second-order valence-corrected chi connectivity index (χ2v) is 73.8. The summed E-state index contributed by atoms with van der Waals surface area (Å²) in [5, 5.41) is 77.4. The molecule has 4 unspecified atom stereocenters. The van der Waals surface area contributed by atoms with E-state index in [1.807, 2.05) is 121 Å². The number of aromatic hydroxyl groups is 4. The van der Waals surface area contributed by atoms with Gasteiger partial charge in [0.25, 0.3) is 0 Å². The molecule has 0 bridgehead atoms. The van der Waals surface area contributed by atoms with E-state index < -0.39 is 38.0 Å². The number of aryl methyl sites for hydroxylation is 4. The van der Waals surface area contributed by atoms with Crippen LogP contribution in [-0.4, -0.2) is 61.7 Å². The first kappa shape index (κ1) is 97.4. The Balaban J connectivity index is 0.000000133. The second-order valence-electron chi connectivity index (χ2n) is 36.0. The minimum absolute atomic E-state index is 0.172. The Labute approximate surface area is 880 Å². The molecule has 4 atom stereocenters. The van der Waals surface area contributed by atoms with Crippen molar-refractivity contribution in [3.05, 3.63) is 479 Å². The fourth-order valence-electron chi connectivity index (χ4n) is 19.6. The number of hydrogen-bond acceptors (Lipinski definition) is 8. The van der Waals surface area contributed by atoms with Crippen molar-refractivity contribution >= 4 is 161 Å². The average molecular weight is 2260 g/mol. The van der Waals surface area contributed by atoms with Gasteiger partial charge in [0.1, 0.15) is 0 Å². The molecule has 0 amide bonds. The smallest absolute Gasteiger partial charge is 0.0866 e. The van der Waals surface area contributed by atoms with Gasteiger partial charge in [-0.2, -0.15) is 98.5 Å². The molecule has 0 saturated carbocycles. The molecule has 8 aromatic heterocycles. The average Bonchev–Trinajstić information content (AvgIpc) is 1.60. The third-order valence-corrected chi connectivity index (χ3v) is 76.5. The minimum atomic E-state index is -1.29. The number of fused-ring (bicyclic) bond motifs is 12. The Hall–Kier alpha value is -12.6. The molecule has 0 aliphatic carbocycles. The van der Waals surface area contributed by atoms with E-state index >= 15 is 0 Å². The number of rotatable bonds is 12. The zero-order valence-electron chi connectivity index (χ0n) is 80.2. The van der Waals surface area contributed by atoms with Crippen LogP contribution < -0.4 is 0 Å². The normalized spacial score (nSPS) is 14.3. The summed E-state index contributed by atoms with van der Waals surface area (Å²) in [4.78, 5) is 5.77. The Morgan fingerprint density at radius 1 is 0.236 bits per heavy atom. The van der Waals surface area contributed by atoms with Gasteiger partial charge in [0, 0.05) is 0 Å². The zero-order chi connectivity index (χ0) is 98.6. The molecule has 712 valence electrons. The van der Waals surface area contributed by atoms with E-state index in [2.05, 4.69) is 359 Å². The molecule has 0 spiro atoms. The number of phenolic OH excluding ortho intramolecular Hbond substituents is 4. The summed E-state index contributed by atoms with van der Waals surface area (Å²) < 4.78 is 8.97. The summed E-state index contributed by atoms with van der Waals surface area (Å²) in [6.07, 6.45) is 2.39. The number of nitrogens with zero attached hydrogens (tertiary/aromatic N) is 4. The van der Waals surface area contributed by atoms with Crippen LogP contribution in [0.2, 0.25) is 0 Å². The number of thiophene rings is 4. The van der Waals surface area contributed by atoms with Gasteiger partial charge >= 0.3 is 719 Å². The molecule has 4 N–H and O–H groups in total. The summed E-state index contributed by atoms with van der Waals surface area (Å²) in [7, 11) is 0.736. The van der Waals surface area contributed by atoms with Gasteiger partial charge in [-0.1, -0.05) is 24.3 Å². The first-order valence-electron chi connectivity index (χ1n) is 47.9. The first-order valence-corrected chi connectivity index (χ1v) is 72.0. The van der Waals surface area contributed by atoms with Gasteiger partial charge < -0.3 is 0 Å². The maximum Gasteiger partial charge on any atom is -0.0866 e. The van der Waals surface area contributed by atoms with Crippen molar-refractivity contribution in [2.75, 3.05) is 23.0 Å². The van der Waals surface area contributed by atoms with E-state index in [0.717, 1.165) is 134 Å². The van der Waals surface area contributed by atoms with Crippen LogP contribution in [0.3, 0.4) is 0 Å². The SMILES string of the molecule is Cc1cc(-c2cscc2[S]2=[Hf]=[S](c3cscc3-c3cc(C)cc(-n4c5ccccc5c5ccccc54)c3O)CCC2)c(O)c(-n2c3ccccc3c3ccccc32)c1.Cc1cc(-c2cscc2[S]2=[Zr]=[S](c3cscc3-c3cc(C)cc(-n4c5ccccc5c5ccccc54)c3O)CCC2)c(O)c(-n2c3ccccc3c3ccccc32)c1.[CH2-]c1ccccc1.[CH2-]c1ccccc1.[CH2-]c1ccccc1.[CH2-]c1ccccc1. The number of aromatic nitrogens is 4. The van der Waals surface area contributed by atoms with Crippen LogP contribution in [0, 0.1) is 55.4 Å². The topological polar surface area (TPSA) is 101 Å². The molecule has 26 rings (SSSR count). The zero-order valence-corrected chi connectivity index (χ0v) is 92.8. The van der Waals surface area contributed by atoms with Gasteiger partial charge in [-0.3, -0.25) is 0 Å². The largest absolute Gasteiger partial charge is 0.199 e. The standard InChI is InChI=1S/2C49H38N2O2S4.4C7H7.Hf.Zr/c2*1-30-22-36(48(52)44(24-30)50-40-16-7-3-12-32(40)33-13-4-8-17-41(33)50)38-26-54-28-46(38)56-20-11-21-57-47-29-55-27-39(47)37-23-31(2)25-45(49(37)53)51-42-18-9-5-14-34(42)35-15-6-10-19-43(35)51;4*1-7-5-3-2-4-6-7;;/h2*3-10,12-19,22-29,52-53H,11,20-21H2,1-2H3;4*2-6H,1H2;;/q;;4*-1;;. The van der Waals surface area contributed by atoms with Crippen molar-refractivity contribution in [1.29, 1.82) is 0 Å². The van der Waals surface area contributed by atoms with Gasteiger partial charge in [-0.25, -0.2) is 0 Å². The predicted molar refractivity (Wildman–Crippen MR) is 618 cm³/mol. The summed E-state index contributed by atoms with van der Waals surface area (Å²) in [5.41, 5.74) is 29.5. The number of hydrogen-bond donors (Lipinski definition) is 4. The first-order chi connectivity index (χ1) is 70.5. The molecule has 8 nitrogen and oxygen atoms in total. The molecule has 144 heavy (non-hydrogen) atoms. The van der Waals surface area contributed by atoms with E-state index in [9.17, 15) is 20.4 Å². The molecular formula is C126H104HfN4O4S8Zr-4. The Kier molecular flexibility index (Phi) is 29.6. The van der Waals surface area contributed by atoms with Crippen molar-refractivity contribution in [1.82, 2.24) is 18.3 Å². The molecule has 10 heterocycles. The maximum absolute atomic E-state index is 12.3. The van der Waals surface area contributed by atoms with Crippen LogP contribution in [0.4, 0.5) is 0 Å². The Morgan fingerprint density at radius 2 is 0.431 bits per heavy atom. The van der Waals surface area contributed by atoms with Gasteiger partial charge in [-0.05, 0) is 0 Å². The summed E-state index contributed by atoms with van der Waals surface area (Å²) in [5.74, 6) is 6.28.